The molecular formula is C13H22ClNO2. The van der Waals surface area contributed by atoms with E-state index in [9.17, 15) is 4.79 Å². The van der Waals surface area contributed by atoms with Crippen molar-refractivity contribution in [3.8, 4) is 0 Å². The van der Waals surface area contributed by atoms with Gasteiger partial charge in [0.05, 0.1) is 12.5 Å². The zero-order valence-corrected chi connectivity index (χ0v) is 11.3. The standard InChI is InChI=1S/C13H22ClNO2/c1-10(14)11-4-6-15(7-5-11)13(16)9-12-3-2-8-17-12/h10-12H,2-9H2,1H3. The number of ether oxygens (including phenoxy) is 1. The van der Waals surface area contributed by atoms with Gasteiger partial charge < -0.3 is 9.64 Å². The van der Waals surface area contributed by atoms with Crippen LogP contribution in [0.15, 0.2) is 0 Å². The van der Waals surface area contributed by atoms with Gasteiger partial charge in [0.1, 0.15) is 0 Å². The molecule has 1 amide bonds. The zero-order chi connectivity index (χ0) is 12.3. The first kappa shape index (κ1) is 13.2. The number of alkyl halides is 1. The van der Waals surface area contributed by atoms with Gasteiger partial charge in [0.25, 0.3) is 0 Å². The molecule has 0 aliphatic carbocycles. The molecule has 98 valence electrons. The van der Waals surface area contributed by atoms with E-state index < -0.39 is 0 Å². The number of nitrogens with zero attached hydrogens (tertiary/aromatic N) is 1. The van der Waals surface area contributed by atoms with E-state index in [0.717, 1.165) is 45.4 Å². The fraction of sp³-hybridized carbons (Fsp3) is 0.923. The number of piperidine rings is 1. The highest BCUT2D eigenvalue weighted by atomic mass is 35.5. The minimum atomic E-state index is 0.173. The SMILES string of the molecule is CC(Cl)C1CCN(C(=O)CC2CCCO2)CC1. The maximum absolute atomic E-state index is 12.0. The van der Waals surface area contributed by atoms with Gasteiger partial charge in [-0.25, -0.2) is 0 Å². The summed E-state index contributed by atoms with van der Waals surface area (Å²) in [5, 5.41) is 0.227. The number of hydrogen-bond donors (Lipinski definition) is 0. The topological polar surface area (TPSA) is 29.5 Å². The van der Waals surface area contributed by atoms with Gasteiger partial charge in [-0.1, -0.05) is 0 Å². The molecule has 2 aliphatic rings. The molecule has 0 aromatic heterocycles. The highest BCUT2D eigenvalue weighted by molar-refractivity contribution is 6.20. The number of halogens is 1. The molecule has 2 fully saturated rings. The number of likely N-dealkylation sites (tertiary alicyclic amines) is 1. The van der Waals surface area contributed by atoms with E-state index in [2.05, 4.69) is 6.92 Å². The normalized spacial score (nSPS) is 28.4. The molecule has 17 heavy (non-hydrogen) atoms. The average Bonchev–Trinajstić information content (AvgIpc) is 2.82. The van der Waals surface area contributed by atoms with E-state index in [1.165, 1.54) is 0 Å². The van der Waals surface area contributed by atoms with Crippen LogP contribution in [0.4, 0.5) is 0 Å². The third-order valence-electron chi connectivity index (χ3n) is 3.97. The van der Waals surface area contributed by atoms with Crippen LogP contribution in [0.2, 0.25) is 0 Å². The Morgan fingerprint density at radius 3 is 2.65 bits per heavy atom. The Morgan fingerprint density at radius 2 is 2.12 bits per heavy atom. The Bertz CT molecular complexity index is 256. The fourth-order valence-electron chi connectivity index (χ4n) is 2.74. The molecule has 0 spiro atoms. The van der Waals surface area contributed by atoms with Crippen LogP contribution in [0.25, 0.3) is 0 Å². The molecule has 2 aliphatic heterocycles. The predicted octanol–water partition coefficient (Wildman–Crippen LogP) is 2.42. The number of carbonyl (C=O) groups is 1. The molecule has 0 radical (unpaired) electrons. The van der Waals surface area contributed by atoms with Gasteiger partial charge in [-0.2, -0.15) is 0 Å². The summed E-state index contributed by atoms with van der Waals surface area (Å²) < 4.78 is 5.51. The molecule has 2 atom stereocenters. The quantitative estimate of drug-likeness (QED) is 0.729. The summed E-state index contributed by atoms with van der Waals surface area (Å²) in [5.41, 5.74) is 0. The Kier molecular flexibility index (Phi) is 4.69. The minimum Gasteiger partial charge on any atom is -0.378 e. The first-order valence-corrected chi connectivity index (χ1v) is 7.14. The smallest absolute Gasteiger partial charge is 0.225 e. The molecule has 2 rings (SSSR count). The van der Waals surface area contributed by atoms with Crippen LogP contribution < -0.4 is 0 Å². The first-order valence-electron chi connectivity index (χ1n) is 6.70. The summed E-state index contributed by atoms with van der Waals surface area (Å²) in [5.74, 6) is 0.834. The number of rotatable bonds is 3. The van der Waals surface area contributed by atoms with Crippen LogP contribution in [0.3, 0.4) is 0 Å². The van der Waals surface area contributed by atoms with Crippen molar-refractivity contribution < 1.29 is 9.53 Å². The average molecular weight is 260 g/mol. The summed E-state index contributed by atoms with van der Waals surface area (Å²) in [6.45, 7) is 4.61. The lowest BCUT2D eigenvalue weighted by molar-refractivity contribution is -0.134. The van der Waals surface area contributed by atoms with E-state index in [-0.39, 0.29) is 17.4 Å². The molecule has 0 bridgehead atoms. The van der Waals surface area contributed by atoms with Crippen molar-refractivity contribution in [3.05, 3.63) is 0 Å². The van der Waals surface area contributed by atoms with Crippen molar-refractivity contribution >= 4 is 17.5 Å². The largest absolute Gasteiger partial charge is 0.378 e. The van der Waals surface area contributed by atoms with Crippen LogP contribution >= 0.6 is 11.6 Å². The van der Waals surface area contributed by atoms with Crippen molar-refractivity contribution in [3.63, 3.8) is 0 Å². The number of carbonyl (C=O) groups excluding carboxylic acids is 1. The molecule has 0 saturated carbocycles. The van der Waals surface area contributed by atoms with Crippen molar-refractivity contribution in [1.29, 1.82) is 0 Å². The van der Waals surface area contributed by atoms with Gasteiger partial charge in [0, 0.05) is 25.1 Å². The van der Waals surface area contributed by atoms with Crippen LogP contribution in [0, 0.1) is 5.92 Å². The van der Waals surface area contributed by atoms with Gasteiger partial charge in [-0.05, 0) is 38.5 Å². The maximum Gasteiger partial charge on any atom is 0.225 e. The molecule has 0 aromatic rings. The van der Waals surface area contributed by atoms with Crippen molar-refractivity contribution in [1.82, 2.24) is 4.90 Å². The third kappa shape index (κ3) is 3.59. The Morgan fingerprint density at radius 1 is 1.41 bits per heavy atom. The summed E-state index contributed by atoms with van der Waals surface area (Å²) in [4.78, 5) is 14.0. The second-order valence-corrected chi connectivity index (χ2v) is 5.92. The van der Waals surface area contributed by atoms with E-state index in [1.807, 2.05) is 4.90 Å². The van der Waals surface area contributed by atoms with Gasteiger partial charge in [-0.3, -0.25) is 4.79 Å². The lowest BCUT2D eigenvalue weighted by atomic mass is 9.93. The zero-order valence-electron chi connectivity index (χ0n) is 10.5. The Labute approximate surface area is 108 Å². The Balaban J connectivity index is 1.74. The van der Waals surface area contributed by atoms with Gasteiger partial charge >= 0.3 is 0 Å². The van der Waals surface area contributed by atoms with E-state index in [0.29, 0.717) is 12.3 Å². The second kappa shape index (κ2) is 6.05. The molecule has 2 unspecified atom stereocenters. The summed E-state index contributed by atoms with van der Waals surface area (Å²) in [6.07, 6.45) is 4.97. The van der Waals surface area contributed by atoms with Crippen LogP contribution in [0.5, 0.6) is 0 Å². The molecule has 4 heteroatoms. The highest BCUT2D eigenvalue weighted by Crippen LogP contribution is 2.25. The van der Waals surface area contributed by atoms with Crippen LogP contribution in [-0.2, 0) is 9.53 Å². The summed E-state index contributed by atoms with van der Waals surface area (Å²) >= 11 is 6.10. The van der Waals surface area contributed by atoms with Crippen molar-refractivity contribution in [2.45, 2.75) is 50.5 Å². The molecule has 2 saturated heterocycles. The molecule has 3 nitrogen and oxygen atoms in total. The Hall–Kier alpha value is -0.280. The predicted molar refractivity (Wildman–Crippen MR) is 68.2 cm³/mol. The van der Waals surface area contributed by atoms with Crippen molar-refractivity contribution in [2.24, 2.45) is 5.92 Å². The molecular weight excluding hydrogens is 238 g/mol. The molecule has 2 heterocycles. The minimum absolute atomic E-state index is 0.173. The maximum atomic E-state index is 12.0. The lowest BCUT2D eigenvalue weighted by Crippen LogP contribution is -2.41. The van der Waals surface area contributed by atoms with E-state index in [1.54, 1.807) is 0 Å². The number of hydrogen-bond acceptors (Lipinski definition) is 2. The van der Waals surface area contributed by atoms with Crippen molar-refractivity contribution in [2.75, 3.05) is 19.7 Å². The van der Waals surface area contributed by atoms with Gasteiger partial charge in [0.2, 0.25) is 5.91 Å². The highest BCUT2D eigenvalue weighted by Gasteiger charge is 2.27. The summed E-state index contributed by atoms with van der Waals surface area (Å²) in [6, 6.07) is 0. The molecule has 0 N–H and O–H groups in total. The fourth-order valence-corrected chi connectivity index (χ4v) is 2.99. The monoisotopic (exact) mass is 259 g/mol. The number of amides is 1. The molecule has 0 aromatic carbocycles. The lowest BCUT2D eigenvalue weighted by Gasteiger charge is -2.33. The first-order chi connectivity index (χ1) is 8.16. The second-order valence-electron chi connectivity index (χ2n) is 5.23. The van der Waals surface area contributed by atoms with Gasteiger partial charge in [0.15, 0.2) is 0 Å². The van der Waals surface area contributed by atoms with E-state index in [4.69, 9.17) is 16.3 Å². The third-order valence-corrected chi connectivity index (χ3v) is 4.32. The van der Waals surface area contributed by atoms with Crippen LogP contribution in [-0.4, -0.2) is 42.0 Å². The van der Waals surface area contributed by atoms with Gasteiger partial charge in [-0.15, -0.1) is 11.6 Å². The van der Waals surface area contributed by atoms with E-state index >= 15 is 0 Å². The summed E-state index contributed by atoms with van der Waals surface area (Å²) in [7, 11) is 0. The van der Waals surface area contributed by atoms with Crippen LogP contribution in [0.1, 0.15) is 39.0 Å².